The van der Waals surface area contributed by atoms with E-state index >= 15 is 0 Å². The molecular formula is C13H18N2O6. The van der Waals surface area contributed by atoms with E-state index < -0.39 is 28.8 Å². The summed E-state index contributed by atoms with van der Waals surface area (Å²) in [6.07, 6.45) is -2.64. The first-order valence-corrected chi connectivity index (χ1v) is 6.38. The number of nitro benzene ring substituents is 1. The van der Waals surface area contributed by atoms with E-state index in [1.165, 1.54) is 12.1 Å². The summed E-state index contributed by atoms with van der Waals surface area (Å²) < 4.78 is 4.77. The molecule has 0 bridgehead atoms. The molecule has 0 amide bonds. The second-order valence-corrected chi connectivity index (χ2v) is 4.32. The van der Waals surface area contributed by atoms with Gasteiger partial charge in [-0.3, -0.25) is 10.1 Å². The van der Waals surface area contributed by atoms with Crippen molar-refractivity contribution in [1.29, 1.82) is 0 Å². The van der Waals surface area contributed by atoms with E-state index in [0.29, 0.717) is 0 Å². The Balaban J connectivity index is 3.16. The summed E-state index contributed by atoms with van der Waals surface area (Å²) in [6.45, 7) is 1.84. The molecule has 1 aromatic carbocycles. The lowest BCUT2D eigenvalue weighted by atomic mass is 10.0. The topological polar surface area (TPSA) is 122 Å². The molecule has 2 atom stereocenters. The van der Waals surface area contributed by atoms with Gasteiger partial charge >= 0.3 is 5.97 Å². The number of esters is 1. The van der Waals surface area contributed by atoms with Crippen LogP contribution in [-0.4, -0.2) is 47.4 Å². The van der Waals surface area contributed by atoms with Crippen molar-refractivity contribution in [2.75, 3.05) is 20.2 Å². The third kappa shape index (κ3) is 4.22. The minimum absolute atomic E-state index is 0.0163. The first-order chi connectivity index (χ1) is 9.92. The number of likely N-dealkylation sites (N-methyl/N-ethyl adjacent to an activating group) is 1. The molecule has 0 radical (unpaired) electrons. The second-order valence-electron chi connectivity index (χ2n) is 4.32. The number of nitrogens with zero attached hydrogens (tertiary/aromatic N) is 1. The molecule has 8 nitrogen and oxygen atoms in total. The molecule has 0 fully saturated rings. The highest BCUT2D eigenvalue weighted by Crippen LogP contribution is 2.28. The lowest BCUT2D eigenvalue weighted by molar-refractivity contribution is -0.386. The number of aliphatic hydroxyl groups is 2. The third-order valence-electron chi connectivity index (χ3n) is 2.83. The normalized spacial score (nSPS) is 13.5. The first-order valence-electron chi connectivity index (χ1n) is 6.38. The molecule has 0 aliphatic heterocycles. The zero-order valence-electron chi connectivity index (χ0n) is 11.8. The van der Waals surface area contributed by atoms with Gasteiger partial charge in [0.05, 0.1) is 28.8 Å². The molecule has 0 aliphatic carbocycles. The Morgan fingerprint density at radius 3 is 2.67 bits per heavy atom. The Labute approximate surface area is 121 Å². The predicted octanol–water partition coefficient (Wildman–Crippen LogP) is 0.385. The minimum atomic E-state index is -1.44. The molecule has 1 rings (SSSR count). The van der Waals surface area contributed by atoms with Crippen molar-refractivity contribution in [2.24, 2.45) is 0 Å². The van der Waals surface area contributed by atoms with Gasteiger partial charge in [0.15, 0.2) is 0 Å². The van der Waals surface area contributed by atoms with E-state index in [-0.39, 0.29) is 24.3 Å². The molecule has 0 spiro atoms. The average Bonchev–Trinajstić information content (AvgIpc) is 2.46. The molecule has 21 heavy (non-hydrogen) atoms. The van der Waals surface area contributed by atoms with Gasteiger partial charge in [-0.15, -0.1) is 0 Å². The standard InChI is InChI=1S/C13H18N2O6/c1-3-21-13(18)8-4-5-9(10(6-8)15(19)20)12(17)11(16)7-14-2/h4-6,11-12,14,16-17H,3,7H2,1-2H3. The highest BCUT2D eigenvalue weighted by Gasteiger charge is 2.27. The molecule has 1 aromatic rings. The van der Waals surface area contributed by atoms with E-state index in [0.717, 1.165) is 6.07 Å². The van der Waals surface area contributed by atoms with Gasteiger partial charge in [-0.25, -0.2) is 4.79 Å². The lowest BCUT2D eigenvalue weighted by Gasteiger charge is -2.18. The summed E-state index contributed by atoms with van der Waals surface area (Å²) >= 11 is 0. The van der Waals surface area contributed by atoms with E-state index in [9.17, 15) is 25.1 Å². The van der Waals surface area contributed by atoms with Crippen LogP contribution in [0.15, 0.2) is 18.2 Å². The Morgan fingerprint density at radius 2 is 2.14 bits per heavy atom. The number of rotatable bonds is 7. The SMILES string of the molecule is CCOC(=O)c1ccc(C(O)C(O)CNC)c([N+](=O)[O-])c1. The average molecular weight is 298 g/mol. The Kier molecular flexibility index (Phi) is 6.22. The Hall–Kier alpha value is -2.03. The molecule has 0 aliphatic rings. The highest BCUT2D eigenvalue weighted by atomic mass is 16.6. The molecule has 2 unspecified atom stereocenters. The number of hydrogen-bond donors (Lipinski definition) is 3. The Bertz CT molecular complexity index is 519. The van der Waals surface area contributed by atoms with Crippen LogP contribution in [0.25, 0.3) is 0 Å². The molecule has 8 heteroatoms. The Morgan fingerprint density at radius 1 is 1.48 bits per heavy atom. The van der Waals surface area contributed by atoms with E-state index in [4.69, 9.17) is 4.74 Å². The van der Waals surface area contributed by atoms with Crippen LogP contribution in [0, 0.1) is 10.1 Å². The number of benzene rings is 1. The quantitative estimate of drug-likeness (QED) is 0.378. The van der Waals surface area contributed by atoms with Crippen LogP contribution in [0.3, 0.4) is 0 Å². The molecule has 0 saturated heterocycles. The van der Waals surface area contributed by atoms with Gasteiger partial charge in [0.1, 0.15) is 6.10 Å². The summed E-state index contributed by atoms with van der Waals surface area (Å²) in [7, 11) is 1.58. The molecule has 0 heterocycles. The predicted molar refractivity (Wildman–Crippen MR) is 73.9 cm³/mol. The highest BCUT2D eigenvalue weighted by molar-refractivity contribution is 5.90. The fourth-order valence-corrected chi connectivity index (χ4v) is 1.82. The van der Waals surface area contributed by atoms with Crippen molar-refractivity contribution < 1.29 is 24.7 Å². The number of aliphatic hydroxyl groups excluding tert-OH is 2. The van der Waals surface area contributed by atoms with E-state index in [2.05, 4.69) is 5.32 Å². The summed E-state index contributed by atoms with van der Waals surface area (Å²) in [5, 5.41) is 33.4. The third-order valence-corrected chi connectivity index (χ3v) is 2.83. The summed E-state index contributed by atoms with van der Waals surface area (Å²) in [5.74, 6) is -0.683. The van der Waals surface area contributed by atoms with E-state index in [1.807, 2.05) is 0 Å². The molecular weight excluding hydrogens is 280 g/mol. The van der Waals surface area contributed by atoms with Crippen LogP contribution in [0.5, 0.6) is 0 Å². The monoisotopic (exact) mass is 298 g/mol. The van der Waals surface area contributed by atoms with Gasteiger partial charge in [0.2, 0.25) is 0 Å². The van der Waals surface area contributed by atoms with Gasteiger partial charge in [-0.1, -0.05) is 0 Å². The fraction of sp³-hybridized carbons (Fsp3) is 0.462. The molecule has 0 saturated carbocycles. The summed E-state index contributed by atoms with van der Waals surface area (Å²) in [5.41, 5.74) is -0.485. The van der Waals surface area contributed by atoms with Gasteiger partial charge in [0, 0.05) is 12.6 Å². The van der Waals surface area contributed by atoms with Crippen molar-refractivity contribution in [3.63, 3.8) is 0 Å². The maximum atomic E-state index is 11.6. The smallest absolute Gasteiger partial charge is 0.338 e. The zero-order valence-corrected chi connectivity index (χ0v) is 11.8. The van der Waals surface area contributed by atoms with Crippen LogP contribution >= 0.6 is 0 Å². The van der Waals surface area contributed by atoms with Crippen molar-refractivity contribution in [3.8, 4) is 0 Å². The maximum absolute atomic E-state index is 11.6. The van der Waals surface area contributed by atoms with Crippen molar-refractivity contribution in [3.05, 3.63) is 39.4 Å². The number of nitrogens with one attached hydrogen (secondary N) is 1. The van der Waals surface area contributed by atoms with Gasteiger partial charge < -0.3 is 20.3 Å². The minimum Gasteiger partial charge on any atom is -0.462 e. The molecule has 116 valence electrons. The molecule has 3 N–H and O–H groups in total. The first kappa shape index (κ1) is 17.0. The van der Waals surface area contributed by atoms with Crippen LogP contribution in [0.4, 0.5) is 5.69 Å². The maximum Gasteiger partial charge on any atom is 0.338 e. The van der Waals surface area contributed by atoms with Crippen LogP contribution in [0.1, 0.15) is 28.9 Å². The molecule has 0 aromatic heterocycles. The largest absolute Gasteiger partial charge is 0.462 e. The second kappa shape index (κ2) is 7.67. The van der Waals surface area contributed by atoms with Crippen molar-refractivity contribution in [2.45, 2.75) is 19.1 Å². The van der Waals surface area contributed by atoms with E-state index in [1.54, 1.807) is 14.0 Å². The number of hydrogen-bond acceptors (Lipinski definition) is 7. The number of nitro groups is 1. The van der Waals surface area contributed by atoms with Crippen LogP contribution in [-0.2, 0) is 4.74 Å². The summed E-state index contributed by atoms with van der Waals surface area (Å²) in [4.78, 5) is 21.9. The van der Waals surface area contributed by atoms with Crippen molar-refractivity contribution >= 4 is 11.7 Å². The summed E-state index contributed by atoms with van der Waals surface area (Å²) in [6, 6.07) is 3.59. The van der Waals surface area contributed by atoms with Gasteiger partial charge in [0.25, 0.3) is 5.69 Å². The van der Waals surface area contributed by atoms with Gasteiger partial charge in [-0.05, 0) is 26.1 Å². The van der Waals surface area contributed by atoms with Crippen LogP contribution < -0.4 is 5.32 Å². The zero-order chi connectivity index (χ0) is 16.0. The number of carbonyl (C=O) groups is 1. The van der Waals surface area contributed by atoms with Crippen LogP contribution in [0.2, 0.25) is 0 Å². The number of ether oxygens (including phenoxy) is 1. The van der Waals surface area contributed by atoms with Crippen molar-refractivity contribution in [1.82, 2.24) is 5.32 Å². The van der Waals surface area contributed by atoms with Gasteiger partial charge in [-0.2, -0.15) is 0 Å². The number of carbonyl (C=O) groups excluding carboxylic acids is 1. The lowest BCUT2D eigenvalue weighted by Crippen LogP contribution is -2.30. The fourth-order valence-electron chi connectivity index (χ4n) is 1.82.